The van der Waals surface area contributed by atoms with E-state index in [9.17, 15) is 9.18 Å². The first-order valence-corrected chi connectivity index (χ1v) is 7.03. The summed E-state index contributed by atoms with van der Waals surface area (Å²) in [6.45, 7) is 2.05. The second kappa shape index (κ2) is 6.41. The van der Waals surface area contributed by atoms with E-state index in [0.717, 1.165) is 12.8 Å². The lowest BCUT2D eigenvalue weighted by Gasteiger charge is -2.25. The highest BCUT2D eigenvalue weighted by Gasteiger charge is 2.32. The molecule has 0 radical (unpaired) electrons. The van der Waals surface area contributed by atoms with Crippen LogP contribution in [0.25, 0.3) is 0 Å². The molecule has 0 aromatic heterocycles. The second-order valence-electron chi connectivity index (χ2n) is 4.99. The standard InChI is InChI=1S/C14H18ClFN2O2/c1-9(12-5-2-10(16)8-13(12)15)17-14(20)18(6-7-19)11-3-4-11/h2,5,8-9,11,19H,3-4,6-7H2,1H3,(H,17,20). The molecule has 1 aromatic rings. The zero-order valence-electron chi connectivity index (χ0n) is 11.3. The molecule has 1 fully saturated rings. The topological polar surface area (TPSA) is 52.6 Å². The molecule has 2 N–H and O–H groups in total. The van der Waals surface area contributed by atoms with Crippen LogP contribution in [0, 0.1) is 5.82 Å². The van der Waals surface area contributed by atoms with Gasteiger partial charge >= 0.3 is 6.03 Å². The summed E-state index contributed by atoms with van der Waals surface area (Å²) >= 11 is 5.98. The molecule has 2 rings (SSSR count). The number of hydrogen-bond acceptors (Lipinski definition) is 2. The van der Waals surface area contributed by atoms with Gasteiger partial charge in [0.1, 0.15) is 5.82 Å². The van der Waals surface area contributed by atoms with E-state index in [1.165, 1.54) is 12.1 Å². The molecule has 0 bridgehead atoms. The van der Waals surface area contributed by atoms with Crippen LogP contribution in [0.4, 0.5) is 9.18 Å². The van der Waals surface area contributed by atoms with Gasteiger partial charge in [-0.2, -0.15) is 0 Å². The lowest BCUT2D eigenvalue weighted by Crippen LogP contribution is -2.43. The van der Waals surface area contributed by atoms with Gasteiger partial charge in [0.2, 0.25) is 0 Å². The number of carbonyl (C=O) groups excluding carboxylic acids is 1. The Morgan fingerprint density at radius 1 is 1.60 bits per heavy atom. The van der Waals surface area contributed by atoms with Crippen molar-refractivity contribution in [2.45, 2.75) is 31.8 Å². The van der Waals surface area contributed by atoms with Crippen LogP contribution in [0.5, 0.6) is 0 Å². The first kappa shape index (κ1) is 15.1. The summed E-state index contributed by atoms with van der Waals surface area (Å²) in [5, 5.41) is 12.1. The van der Waals surface area contributed by atoms with Crippen molar-refractivity contribution in [3.8, 4) is 0 Å². The number of carbonyl (C=O) groups is 1. The van der Waals surface area contributed by atoms with Crippen LogP contribution in [0.2, 0.25) is 5.02 Å². The van der Waals surface area contributed by atoms with Crippen molar-refractivity contribution < 1.29 is 14.3 Å². The Hall–Kier alpha value is -1.33. The van der Waals surface area contributed by atoms with E-state index in [1.807, 2.05) is 0 Å². The largest absolute Gasteiger partial charge is 0.395 e. The zero-order chi connectivity index (χ0) is 14.7. The maximum Gasteiger partial charge on any atom is 0.318 e. The normalized spacial score (nSPS) is 15.8. The molecule has 2 amide bonds. The first-order chi connectivity index (χ1) is 9.52. The average molecular weight is 301 g/mol. The number of rotatable bonds is 5. The van der Waals surface area contributed by atoms with Gasteiger partial charge in [0.15, 0.2) is 0 Å². The van der Waals surface area contributed by atoms with Gasteiger partial charge in [-0.3, -0.25) is 0 Å². The van der Waals surface area contributed by atoms with Gasteiger partial charge in [-0.1, -0.05) is 17.7 Å². The fraction of sp³-hybridized carbons (Fsp3) is 0.500. The number of nitrogens with one attached hydrogen (secondary N) is 1. The molecule has 1 aliphatic rings. The monoisotopic (exact) mass is 300 g/mol. The summed E-state index contributed by atoms with van der Waals surface area (Å²) in [5.41, 5.74) is 0.668. The van der Waals surface area contributed by atoms with Crippen molar-refractivity contribution >= 4 is 17.6 Å². The lowest BCUT2D eigenvalue weighted by molar-refractivity contribution is 0.171. The van der Waals surface area contributed by atoms with Crippen LogP contribution in [0.3, 0.4) is 0 Å². The summed E-state index contributed by atoms with van der Waals surface area (Å²) in [6.07, 6.45) is 1.94. The summed E-state index contributed by atoms with van der Waals surface area (Å²) < 4.78 is 13.0. The predicted molar refractivity (Wildman–Crippen MR) is 75.2 cm³/mol. The number of urea groups is 1. The highest BCUT2D eigenvalue weighted by molar-refractivity contribution is 6.31. The Morgan fingerprint density at radius 3 is 2.85 bits per heavy atom. The third-order valence-electron chi connectivity index (χ3n) is 3.36. The molecular weight excluding hydrogens is 283 g/mol. The molecule has 4 nitrogen and oxygen atoms in total. The second-order valence-corrected chi connectivity index (χ2v) is 5.39. The molecule has 20 heavy (non-hydrogen) atoms. The predicted octanol–water partition coefficient (Wildman–Crippen LogP) is 2.71. The van der Waals surface area contributed by atoms with E-state index in [0.29, 0.717) is 12.1 Å². The van der Waals surface area contributed by atoms with Crippen LogP contribution >= 0.6 is 11.6 Å². The smallest absolute Gasteiger partial charge is 0.318 e. The number of nitrogens with zero attached hydrogens (tertiary/aromatic N) is 1. The minimum absolute atomic E-state index is 0.0599. The van der Waals surface area contributed by atoms with Gasteiger partial charge in [-0.25, -0.2) is 9.18 Å². The fourth-order valence-corrected chi connectivity index (χ4v) is 2.47. The van der Waals surface area contributed by atoms with Crippen molar-refractivity contribution in [2.24, 2.45) is 0 Å². The molecule has 0 aliphatic heterocycles. The SMILES string of the molecule is CC(NC(=O)N(CCO)C1CC1)c1ccc(F)cc1Cl. The van der Waals surface area contributed by atoms with Crippen molar-refractivity contribution in [3.63, 3.8) is 0 Å². The van der Waals surface area contributed by atoms with Crippen LogP contribution in [0.15, 0.2) is 18.2 Å². The molecule has 1 aromatic carbocycles. The molecule has 1 saturated carbocycles. The first-order valence-electron chi connectivity index (χ1n) is 6.66. The Morgan fingerprint density at radius 2 is 2.30 bits per heavy atom. The minimum atomic E-state index is -0.405. The van der Waals surface area contributed by atoms with E-state index in [2.05, 4.69) is 5.32 Å². The van der Waals surface area contributed by atoms with Gasteiger partial charge in [0, 0.05) is 17.6 Å². The average Bonchev–Trinajstić information content (AvgIpc) is 3.19. The van der Waals surface area contributed by atoms with E-state index >= 15 is 0 Å². The number of halogens is 2. The van der Waals surface area contributed by atoms with Crippen LogP contribution in [-0.4, -0.2) is 35.2 Å². The Bertz CT molecular complexity index is 494. The summed E-state index contributed by atoms with van der Waals surface area (Å²) in [6, 6.07) is 3.78. The summed E-state index contributed by atoms with van der Waals surface area (Å²) in [5.74, 6) is -0.405. The molecule has 6 heteroatoms. The van der Waals surface area contributed by atoms with Crippen LogP contribution in [0.1, 0.15) is 31.4 Å². The number of benzene rings is 1. The molecule has 110 valence electrons. The quantitative estimate of drug-likeness (QED) is 0.878. The molecule has 1 aliphatic carbocycles. The Labute approximate surface area is 122 Å². The molecule has 1 atom stereocenters. The van der Waals surface area contributed by atoms with Gasteiger partial charge in [0.25, 0.3) is 0 Å². The Kier molecular flexibility index (Phi) is 4.83. The van der Waals surface area contributed by atoms with Gasteiger partial charge < -0.3 is 15.3 Å². The van der Waals surface area contributed by atoms with Crippen molar-refractivity contribution in [2.75, 3.05) is 13.2 Å². The molecule has 0 heterocycles. The van der Waals surface area contributed by atoms with Gasteiger partial charge in [0.05, 0.1) is 12.6 Å². The lowest BCUT2D eigenvalue weighted by atomic mass is 10.1. The molecule has 0 saturated heterocycles. The molecule has 1 unspecified atom stereocenters. The number of hydrogen-bond donors (Lipinski definition) is 2. The number of aliphatic hydroxyl groups is 1. The van der Waals surface area contributed by atoms with Crippen LogP contribution in [-0.2, 0) is 0 Å². The highest BCUT2D eigenvalue weighted by atomic mass is 35.5. The minimum Gasteiger partial charge on any atom is -0.395 e. The molecule has 0 spiro atoms. The zero-order valence-corrected chi connectivity index (χ0v) is 12.0. The van der Waals surface area contributed by atoms with E-state index in [-0.39, 0.29) is 29.7 Å². The third-order valence-corrected chi connectivity index (χ3v) is 3.69. The number of aliphatic hydroxyl groups excluding tert-OH is 1. The summed E-state index contributed by atoms with van der Waals surface area (Å²) in [4.78, 5) is 13.8. The summed E-state index contributed by atoms with van der Waals surface area (Å²) in [7, 11) is 0. The van der Waals surface area contributed by atoms with Crippen molar-refractivity contribution in [1.29, 1.82) is 0 Å². The maximum absolute atomic E-state index is 13.0. The van der Waals surface area contributed by atoms with Crippen molar-refractivity contribution in [3.05, 3.63) is 34.6 Å². The number of amides is 2. The maximum atomic E-state index is 13.0. The van der Waals surface area contributed by atoms with Crippen LogP contribution < -0.4 is 5.32 Å². The van der Waals surface area contributed by atoms with E-state index < -0.39 is 5.82 Å². The van der Waals surface area contributed by atoms with E-state index in [4.69, 9.17) is 16.7 Å². The highest BCUT2D eigenvalue weighted by Crippen LogP contribution is 2.28. The fourth-order valence-electron chi connectivity index (χ4n) is 2.14. The van der Waals surface area contributed by atoms with Gasteiger partial charge in [-0.05, 0) is 37.5 Å². The Balaban J connectivity index is 2.02. The third kappa shape index (κ3) is 3.61. The van der Waals surface area contributed by atoms with Gasteiger partial charge in [-0.15, -0.1) is 0 Å². The molecular formula is C14H18ClFN2O2. The van der Waals surface area contributed by atoms with E-state index in [1.54, 1.807) is 17.9 Å². The van der Waals surface area contributed by atoms with Crippen molar-refractivity contribution in [1.82, 2.24) is 10.2 Å².